The number of carboxylic acid groups (broad SMARTS) is 2. The highest BCUT2D eigenvalue weighted by molar-refractivity contribution is 5.88. The molecule has 17 heteroatoms. The van der Waals surface area contributed by atoms with Gasteiger partial charge in [-0.2, -0.15) is 26.3 Å². The molecule has 2 aromatic heterocycles. The Bertz CT molecular complexity index is 1100. The van der Waals surface area contributed by atoms with E-state index in [0.29, 0.717) is 12.5 Å². The van der Waals surface area contributed by atoms with Gasteiger partial charge in [0.2, 0.25) is 11.9 Å². The fourth-order valence-electron chi connectivity index (χ4n) is 3.87. The number of aliphatic carboxylic acids is 2. The lowest BCUT2D eigenvalue weighted by atomic mass is 9.91. The van der Waals surface area contributed by atoms with Crippen molar-refractivity contribution in [3.05, 3.63) is 48.5 Å². The zero-order valence-corrected chi connectivity index (χ0v) is 20.4. The van der Waals surface area contributed by atoms with Crippen molar-refractivity contribution in [3.63, 3.8) is 0 Å². The van der Waals surface area contributed by atoms with Gasteiger partial charge in [-0.15, -0.1) is 0 Å². The first-order chi connectivity index (χ1) is 18.1. The summed E-state index contributed by atoms with van der Waals surface area (Å²) in [5, 5.41) is 14.2. The van der Waals surface area contributed by atoms with Crippen LogP contribution in [-0.4, -0.2) is 104 Å². The summed E-state index contributed by atoms with van der Waals surface area (Å²) in [5.74, 6) is -4.62. The van der Waals surface area contributed by atoms with E-state index in [1.807, 2.05) is 30.3 Å². The highest BCUT2D eigenvalue weighted by Crippen LogP contribution is 2.35. The van der Waals surface area contributed by atoms with Crippen molar-refractivity contribution in [3.8, 4) is 0 Å². The number of anilines is 1. The highest BCUT2D eigenvalue weighted by Gasteiger charge is 2.53. The Labute approximate surface area is 217 Å². The fraction of sp³-hybridized carbons (Fsp3) is 0.455. The van der Waals surface area contributed by atoms with E-state index >= 15 is 0 Å². The summed E-state index contributed by atoms with van der Waals surface area (Å²) in [7, 11) is 1.90. The van der Waals surface area contributed by atoms with E-state index in [9.17, 15) is 31.1 Å². The van der Waals surface area contributed by atoms with Crippen molar-refractivity contribution < 1.29 is 50.9 Å². The lowest BCUT2D eigenvalue weighted by molar-refractivity contribution is -0.193. The molecule has 4 heterocycles. The molecule has 2 aliphatic rings. The first kappa shape index (κ1) is 31.2. The van der Waals surface area contributed by atoms with Crippen molar-refractivity contribution in [2.45, 2.75) is 30.9 Å². The van der Waals surface area contributed by atoms with E-state index in [4.69, 9.17) is 19.8 Å². The number of hydrogen-bond donors (Lipinski definition) is 2. The number of carbonyl (C=O) groups excluding carboxylic acids is 1. The predicted octanol–water partition coefficient (Wildman–Crippen LogP) is 2.06. The van der Waals surface area contributed by atoms with Gasteiger partial charge in [0.1, 0.15) is 5.54 Å². The molecule has 1 atom stereocenters. The van der Waals surface area contributed by atoms with Crippen LogP contribution in [0.15, 0.2) is 43.0 Å². The Morgan fingerprint density at radius 1 is 0.949 bits per heavy atom. The molecule has 0 aliphatic carbocycles. The van der Waals surface area contributed by atoms with E-state index in [1.165, 1.54) is 0 Å². The molecule has 0 aromatic carbocycles. The summed E-state index contributed by atoms with van der Waals surface area (Å²) in [6, 6.07) is 5.82. The zero-order chi connectivity index (χ0) is 29.4. The topological polar surface area (TPSA) is 140 Å². The summed E-state index contributed by atoms with van der Waals surface area (Å²) in [6.45, 7) is 3.76. The average molecular weight is 566 g/mol. The van der Waals surface area contributed by atoms with Crippen molar-refractivity contribution in [1.29, 1.82) is 0 Å². The molecule has 0 bridgehead atoms. The van der Waals surface area contributed by atoms with Crippen LogP contribution in [0.4, 0.5) is 32.3 Å². The van der Waals surface area contributed by atoms with Gasteiger partial charge in [0.25, 0.3) is 0 Å². The van der Waals surface area contributed by atoms with E-state index in [2.05, 4.69) is 30.8 Å². The van der Waals surface area contributed by atoms with E-state index < -0.39 is 29.8 Å². The lowest BCUT2D eigenvalue weighted by Gasteiger charge is -2.46. The molecular formula is C22H24F6N6O5. The van der Waals surface area contributed by atoms with Crippen molar-refractivity contribution >= 4 is 23.8 Å². The Morgan fingerprint density at radius 3 is 2.00 bits per heavy atom. The number of alkyl halides is 6. The minimum Gasteiger partial charge on any atom is -0.475 e. The second-order valence-electron chi connectivity index (χ2n) is 8.37. The molecule has 2 saturated heterocycles. The molecule has 2 aromatic rings. The number of likely N-dealkylation sites (N-methyl/N-ethyl adjacent to an activating group) is 1. The third-order valence-electron chi connectivity index (χ3n) is 5.72. The van der Waals surface area contributed by atoms with Gasteiger partial charge >= 0.3 is 24.3 Å². The first-order valence-corrected chi connectivity index (χ1v) is 11.1. The van der Waals surface area contributed by atoms with Crippen LogP contribution in [0, 0.1) is 0 Å². The lowest BCUT2D eigenvalue weighted by Crippen LogP contribution is -2.65. The molecule has 2 N–H and O–H groups in total. The standard InChI is InChI=1S/C18H22N6O.2C2HF3O2/c1-22-10-11-24(13-15-4-2-6-19-12-15)18(16(22)25)5-9-23(14-18)17-20-7-3-8-21-17;2*3-2(4,5)1(6)7/h2-4,6-8,12H,5,9-11,13-14H2,1H3;2*(H,6,7). The molecular weight excluding hydrogens is 542 g/mol. The monoisotopic (exact) mass is 566 g/mol. The Hall–Kier alpha value is -4.02. The molecule has 4 rings (SSSR count). The maximum atomic E-state index is 13.1. The minimum absolute atomic E-state index is 0.195. The van der Waals surface area contributed by atoms with E-state index in [-0.39, 0.29) is 5.91 Å². The van der Waals surface area contributed by atoms with Gasteiger partial charge in [-0.05, 0) is 24.1 Å². The molecule has 1 amide bonds. The van der Waals surface area contributed by atoms with Crippen LogP contribution in [0.25, 0.3) is 0 Å². The molecule has 11 nitrogen and oxygen atoms in total. The summed E-state index contributed by atoms with van der Waals surface area (Å²) >= 11 is 0. The Morgan fingerprint density at radius 2 is 1.51 bits per heavy atom. The van der Waals surface area contributed by atoms with Crippen molar-refractivity contribution in [1.82, 2.24) is 24.8 Å². The van der Waals surface area contributed by atoms with Crippen molar-refractivity contribution in [2.75, 3.05) is 38.1 Å². The smallest absolute Gasteiger partial charge is 0.475 e. The van der Waals surface area contributed by atoms with Crippen LogP contribution >= 0.6 is 0 Å². The van der Waals surface area contributed by atoms with Crippen LogP contribution < -0.4 is 4.90 Å². The van der Waals surface area contributed by atoms with Crippen LogP contribution in [-0.2, 0) is 20.9 Å². The number of carbonyl (C=O) groups is 3. The molecule has 0 saturated carbocycles. The Kier molecular flexibility index (Phi) is 10.1. The van der Waals surface area contributed by atoms with E-state index in [1.54, 1.807) is 18.6 Å². The number of carboxylic acids is 2. The largest absolute Gasteiger partial charge is 0.490 e. The average Bonchev–Trinajstić information content (AvgIpc) is 3.32. The molecule has 1 spiro atoms. The quantitative estimate of drug-likeness (QED) is 0.531. The SMILES string of the molecule is CN1CCN(Cc2cccnc2)C2(CCN(c3ncccn3)C2)C1=O.O=C(O)C(F)(F)F.O=C(O)C(F)(F)F. The second-order valence-corrected chi connectivity index (χ2v) is 8.37. The summed E-state index contributed by atoms with van der Waals surface area (Å²) in [5.41, 5.74) is 0.621. The van der Waals surface area contributed by atoms with Gasteiger partial charge in [0, 0.05) is 64.6 Å². The van der Waals surface area contributed by atoms with Gasteiger partial charge in [0.15, 0.2) is 0 Å². The maximum Gasteiger partial charge on any atom is 0.490 e. The molecule has 39 heavy (non-hydrogen) atoms. The number of hydrogen-bond acceptors (Lipinski definition) is 8. The number of amides is 1. The van der Waals surface area contributed by atoms with Crippen LogP contribution in [0.5, 0.6) is 0 Å². The number of halogens is 6. The summed E-state index contributed by atoms with van der Waals surface area (Å²) < 4.78 is 63.5. The minimum atomic E-state index is -5.08. The predicted molar refractivity (Wildman–Crippen MR) is 121 cm³/mol. The van der Waals surface area contributed by atoms with Crippen LogP contribution in [0.1, 0.15) is 12.0 Å². The first-order valence-electron chi connectivity index (χ1n) is 11.1. The third-order valence-corrected chi connectivity index (χ3v) is 5.72. The number of piperazine rings is 1. The molecule has 2 fully saturated rings. The molecule has 2 aliphatic heterocycles. The number of aromatic nitrogens is 3. The van der Waals surface area contributed by atoms with Gasteiger partial charge in [0.05, 0.1) is 0 Å². The fourth-order valence-corrected chi connectivity index (χ4v) is 3.87. The molecule has 1 unspecified atom stereocenters. The molecule has 214 valence electrons. The maximum absolute atomic E-state index is 13.1. The zero-order valence-electron chi connectivity index (χ0n) is 20.4. The summed E-state index contributed by atoms with van der Waals surface area (Å²) in [6.07, 6.45) is -2.23. The molecule has 0 radical (unpaired) electrons. The van der Waals surface area contributed by atoms with Crippen LogP contribution in [0.3, 0.4) is 0 Å². The third kappa shape index (κ3) is 8.49. The van der Waals surface area contributed by atoms with Gasteiger partial charge < -0.3 is 20.0 Å². The second kappa shape index (κ2) is 12.7. The number of nitrogens with zero attached hydrogens (tertiary/aromatic N) is 6. The number of pyridine rings is 1. The van der Waals surface area contributed by atoms with Gasteiger partial charge in [-0.1, -0.05) is 6.07 Å². The van der Waals surface area contributed by atoms with Gasteiger partial charge in [-0.25, -0.2) is 19.6 Å². The van der Waals surface area contributed by atoms with Crippen molar-refractivity contribution in [2.24, 2.45) is 0 Å². The van der Waals surface area contributed by atoms with Gasteiger partial charge in [-0.3, -0.25) is 14.7 Å². The van der Waals surface area contributed by atoms with E-state index in [0.717, 1.165) is 38.2 Å². The highest BCUT2D eigenvalue weighted by atomic mass is 19.4. The number of rotatable bonds is 3. The van der Waals surface area contributed by atoms with Crippen LogP contribution in [0.2, 0.25) is 0 Å². The normalized spacial score (nSPS) is 19.6. The summed E-state index contributed by atoms with van der Waals surface area (Å²) in [4.78, 5) is 50.1. The Balaban J connectivity index is 0.000000317.